The number of carbonyl (C=O) groups excluding carboxylic acids is 1. The zero-order chi connectivity index (χ0) is 22.1. The molecule has 1 N–H and O–H groups in total. The van der Waals surface area contributed by atoms with Gasteiger partial charge in [0.05, 0.1) is 16.7 Å². The summed E-state index contributed by atoms with van der Waals surface area (Å²) in [4.78, 5) is 16.1. The molecule has 30 heavy (non-hydrogen) atoms. The van der Waals surface area contributed by atoms with Crippen molar-refractivity contribution >= 4 is 11.7 Å². The van der Waals surface area contributed by atoms with Gasteiger partial charge in [0.25, 0.3) is 11.8 Å². The fourth-order valence-corrected chi connectivity index (χ4v) is 2.58. The highest BCUT2D eigenvalue weighted by atomic mass is 19.4. The van der Waals surface area contributed by atoms with Crippen molar-refractivity contribution in [3.63, 3.8) is 0 Å². The Morgan fingerprint density at radius 1 is 1.10 bits per heavy atom. The molecule has 1 amide bonds. The van der Waals surface area contributed by atoms with Crippen LogP contribution in [0.4, 0.5) is 27.8 Å². The third-order valence-corrected chi connectivity index (χ3v) is 3.97. The quantitative estimate of drug-likeness (QED) is 0.628. The van der Waals surface area contributed by atoms with Crippen molar-refractivity contribution in [2.45, 2.75) is 19.0 Å². The summed E-state index contributed by atoms with van der Waals surface area (Å²) in [5, 5.41) is 15.3. The minimum atomic E-state index is -4.73. The van der Waals surface area contributed by atoms with Crippen LogP contribution in [-0.2, 0) is 12.1 Å². The summed E-state index contributed by atoms with van der Waals surface area (Å²) in [7, 11) is 0. The van der Waals surface area contributed by atoms with E-state index in [4.69, 9.17) is 0 Å². The predicted octanol–water partition coefficient (Wildman–Crippen LogP) is 4.52. The van der Waals surface area contributed by atoms with Crippen molar-refractivity contribution in [2.24, 2.45) is 0 Å². The third kappa shape index (κ3) is 4.27. The molecule has 0 aliphatic rings. The molecule has 6 nitrogen and oxygen atoms in total. The minimum Gasteiger partial charge on any atom is -0.305 e. The maximum Gasteiger partial charge on any atom is 0.417 e. The highest BCUT2D eigenvalue weighted by Crippen LogP contribution is 2.32. The molecule has 11 heteroatoms. The van der Waals surface area contributed by atoms with Crippen LogP contribution in [0.1, 0.15) is 34.1 Å². The van der Waals surface area contributed by atoms with E-state index < -0.39 is 34.8 Å². The molecule has 0 aliphatic carbocycles. The Hall–Kier alpha value is -3.81. The van der Waals surface area contributed by atoms with E-state index >= 15 is 0 Å². The molecule has 0 saturated heterocycles. The van der Waals surface area contributed by atoms with Gasteiger partial charge in [-0.1, -0.05) is 12.1 Å². The first-order valence-corrected chi connectivity index (χ1v) is 8.34. The monoisotopic (exact) mass is 421 g/mol. The van der Waals surface area contributed by atoms with E-state index in [-0.39, 0.29) is 17.2 Å². The Kier molecular flexibility index (Phi) is 5.26. The average Bonchev–Trinajstić information content (AvgIpc) is 3.14. The fraction of sp³-hybridized carbons (Fsp3) is 0.158. The number of nitrogens with zero attached hydrogens (tertiary/aromatic N) is 4. The van der Waals surface area contributed by atoms with Gasteiger partial charge in [0, 0.05) is 19.2 Å². The van der Waals surface area contributed by atoms with Gasteiger partial charge in [-0.2, -0.15) is 27.2 Å². The van der Waals surface area contributed by atoms with Crippen LogP contribution in [0.2, 0.25) is 0 Å². The van der Waals surface area contributed by atoms with Crippen molar-refractivity contribution in [2.75, 3.05) is 5.32 Å². The smallest absolute Gasteiger partial charge is 0.305 e. The van der Waals surface area contributed by atoms with Crippen LogP contribution < -0.4 is 5.32 Å². The van der Waals surface area contributed by atoms with E-state index in [1.807, 2.05) is 0 Å². The summed E-state index contributed by atoms with van der Waals surface area (Å²) in [6, 6.07) is 9.39. The van der Waals surface area contributed by atoms with Gasteiger partial charge in [0.2, 0.25) is 0 Å². The lowest BCUT2D eigenvalue weighted by molar-refractivity contribution is -0.137. The van der Waals surface area contributed by atoms with Gasteiger partial charge in [-0.15, -0.1) is 5.10 Å². The number of hydrogen-bond acceptors (Lipinski definition) is 4. The Morgan fingerprint density at radius 2 is 1.80 bits per heavy atom. The third-order valence-electron chi connectivity index (χ3n) is 3.97. The number of anilines is 1. The number of amides is 1. The number of benzene rings is 1. The maximum atomic E-state index is 13.6. The van der Waals surface area contributed by atoms with Crippen LogP contribution in [0.15, 0.2) is 48.7 Å². The zero-order valence-electron chi connectivity index (χ0n) is 15.2. The molecule has 154 valence electrons. The zero-order valence-corrected chi connectivity index (χ0v) is 15.2. The van der Waals surface area contributed by atoms with E-state index in [1.54, 1.807) is 6.07 Å². The number of nitrogens with one attached hydrogen (secondary N) is 1. The van der Waals surface area contributed by atoms with Gasteiger partial charge in [0.1, 0.15) is 11.8 Å². The summed E-state index contributed by atoms with van der Waals surface area (Å²) in [5.41, 5.74) is -2.39. The summed E-state index contributed by atoms with van der Waals surface area (Å²) < 4.78 is 67.4. The minimum absolute atomic E-state index is 0.0635. The number of aromatic nitrogens is 3. The molecule has 0 spiro atoms. The molecule has 0 fully saturated rings. The molecule has 0 aliphatic heterocycles. The second-order valence-corrected chi connectivity index (χ2v) is 6.21. The van der Waals surface area contributed by atoms with E-state index in [1.165, 1.54) is 18.3 Å². The molecule has 0 bridgehead atoms. The number of alkyl halides is 5. The van der Waals surface area contributed by atoms with Crippen molar-refractivity contribution in [1.82, 2.24) is 14.8 Å². The summed E-state index contributed by atoms with van der Waals surface area (Å²) in [5.74, 6) is -4.70. The Bertz CT molecular complexity index is 1140. The first-order valence-electron chi connectivity index (χ1n) is 8.34. The molecule has 3 aromatic rings. The first-order chi connectivity index (χ1) is 14.0. The van der Waals surface area contributed by atoms with Gasteiger partial charge >= 0.3 is 6.18 Å². The van der Waals surface area contributed by atoms with E-state index in [0.717, 1.165) is 35.0 Å². The number of pyridine rings is 1. The Labute approximate surface area is 166 Å². The van der Waals surface area contributed by atoms with Gasteiger partial charge in [0.15, 0.2) is 11.6 Å². The van der Waals surface area contributed by atoms with Gasteiger partial charge in [-0.05, 0) is 24.3 Å². The van der Waals surface area contributed by atoms with Gasteiger partial charge in [-0.3, -0.25) is 4.79 Å². The Morgan fingerprint density at radius 3 is 2.43 bits per heavy atom. The van der Waals surface area contributed by atoms with Gasteiger partial charge in [-0.25, -0.2) is 9.67 Å². The lowest BCUT2D eigenvalue weighted by Crippen LogP contribution is -2.19. The van der Waals surface area contributed by atoms with E-state index in [0.29, 0.717) is 6.92 Å². The molecule has 0 saturated carbocycles. The predicted molar refractivity (Wildman–Crippen MR) is 95.0 cm³/mol. The highest BCUT2D eigenvalue weighted by Gasteiger charge is 2.35. The normalized spacial score (nSPS) is 11.8. The van der Waals surface area contributed by atoms with Crippen LogP contribution in [0.3, 0.4) is 0 Å². The fourth-order valence-electron chi connectivity index (χ4n) is 2.58. The molecule has 1 aromatic carbocycles. The molecule has 3 rings (SSSR count). The first kappa shape index (κ1) is 20.9. The number of rotatable bonds is 4. The molecular formula is C19H12F5N5O. The maximum absolute atomic E-state index is 13.6. The van der Waals surface area contributed by atoms with Crippen molar-refractivity contribution in [3.8, 4) is 11.9 Å². The van der Waals surface area contributed by atoms with Gasteiger partial charge < -0.3 is 5.32 Å². The largest absolute Gasteiger partial charge is 0.417 e. The van der Waals surface area contributed by atoms with Crippen molar-refractivity contribution in [1.29, 1.82) is 5.26 Å². The SMILES string of the molecule is CC(F)(F)c1ccc(C#N)c(-n2ccc(NC(=O)c3ccccc3C(F)(F)F)n2)n1. The van der Waals surface area contributed by atoms with Crippen LogP contribution in [0.25, 0.3) is 5.82 Å². The van der Waals surface area contributed by atoms with Crippen LogP contribution in [-0.4, -0.2) is 20.7 Å². The highest BCUT2D eigenvalue weighted by molar-refractivity contribution is 6.04. The second-order valence-electron chi connectivity index (χ2n) is 6.21. The van der Waals surface area contributed by atoms with E-state index in [2.05, 4.69) is 15.4 Å². The number of halogens is 5. The standard InChI is InChI=1S/C19H12F5N5O/c1-18(20,21)14-7-6-11(10-25)16(26-14)29-9-8-15(28-29)27-17(30)12-4-2-3-5-13(12)19(22,23)24/h2-9H,1H3,(H,27,28,30). The topological polar surface area (TPSA) is 83.6 Å². The molecule has 0 radical (unpaired) electrons. The number of nitriles is 1. The molecule has 2 aromatic heterocycles. The lowest BCUT2D eigenvalue weighted by Gasteiger charge is -2.12. The van der Waals surface area contributed by atoms with Crippen LogP contribution >= 0.6 is 0 Å². The summed E-state index contributed by atoms with van der Waals surface area (Å²) in [6.07, 6.45) is -3.50. The summed E-state index contributed by atoms with van der Waals surface area (Å²) in [6.45, 7) is 0.637. The summed E-state index contributed by atoms with van der Waals surface area (Å²) >= 11 is 0. The molecule has 2 heterocycles. The number of hydrogen-bond donors (Lipinski definition) is 1. The molecule has 0 atom stereocenters. The van der Waals surface area contributed by atoms with E-state index in [9.17, 15) is 32.0 Å². The lowest BCUT2D eigenvalue weighted by atomic mass is 10.1. The average molecular weight is 421 g/mol. The van der Waals surface area contributed by atoms with Crippen molar-refractivity contribution < 1.29 is 26.7 Å². The molecular weight excluding hydrogens is 409 g/mol. The number of carbonyl (C=O) groups is 1. The van der Waals surface area contributed by atoms with Crippen LogP contribution in [0.5, 0.6) is 0 Å². The molecule has 0 unspecified atom stereocenters. The van der Waals surface area contributed by atoms with Crippen LogP contribution in [0, 0.1) is 11.3 Å². The Balaban J connectivity index is 1.92. The van der Waals surface area contributed by atoms with Crippen molar-refractivity contribution in [3.05, 3.63) is 71.0 Å². The second kappa shape index (κ2) is 7.55.